The molecule has 0 aromatic heterocycles. The first-order valence-electron chi connectivity index (χ1n) is 7.28. The number of amides is 2. The van der Waals surface area contributed by atoms with Crippen molar-refractivity contribution in [2.45, 2.75) is 11.8 Å². The highest BCUT2D eigenvalue weighted by Crippen LogP contribution is 2.22. The molecular formula is C19H15NO2S. The average molecular weight is 321 g/mol. The number of carbonyl (C=O) groups excluding carboxylic acids is 2. The number of nitrogens with zero attached hydrogens (tertiary/aromatic N) is 1. The van der Waals surface area contributed by atoms with Crippen LogP contribution in [0.25, 0.3) is 0 Å². The van der Waals surface area contributed by atoms with Crippen LogP contribution >= 0.6 is 11.8 Å². The lowest BCUT2D eigenvalue weighted by atomic mass is 10.1. The molecule has 1 aliphatic rings. The highest BCUT2D eigenvalue weighted by molar-refractivity contribution is 7.99. The fourth-order valence-corrected chi connectivity index (χ4v) is 3.20. The molecule has 2 aromatic carbocycles. The Labute approximate surface area is 139 Å². The topological polar surface area (TPSA) is 37.4 Å². The quantitative estimate of drug-likeness (QED) is 0.494. The molecule has 0 unspecified atom stereocenters. The minimum atomic E-state index is -0.258. The van der Waals surface area contributed by atoms with Crippen LogP contribution in [-0.2, 0) is 0 Å². The van der Waals surface area contributed by atoms with Crippen LogP contribution in [0.1, 0.15) is 26.3 Å². The van der Waals surface area contributed by atoms with Gasteiger partial charge in [0.2, 0.25) is 0 Å². The van der Waals surface area contributed by atoms with E-state index in [1.54, 1.807) is 36.0 Å². The number of aryl methyl sites for hydroxylation is 1. The number of hydrogen-bond acceptors (Lipinski definition) is 3. The summed E-state index contributed by atoms with van der Waals surface area (Å²) in [7, 11) is 0. The molecule has 114 valence electrons. The predicted molar refractivity (Wildman–Crippen MR) is 91.5 cm³/mol. The van der Waals surface area contributed by atoms with E-state index in [1.807, 2.05) is 12.1 Å². The number of benzene rings is 2. The summed E-state index contributed by atoms with van der Waals surface area (Å²) in [5.74, 6) is 6.07. The predicted octanol–water partition coefficient (Wildman–Crippen LogP) is 3.39. The van der Waals surface area contributed by atoms with E-state index in [4.69, 9.17) is 0 Å². The molecule has 0 saturated carbocycles. The molecule has 3 nitrogen and oxygen atoms in total. The van der Waals surface area contributed by atoms with Gasteiger partial charge in [0.1, 0.15) is 0 Å². The first-order valence-corrected chi connectivity index (χ1v) is 8.26. The highest BCUT2D eigenvalue weighted by Gasteiger charge is 2.34. The lowest BCUT2D eigenvalue weighted by molar-refractivity contribution is 0.0675. The molecule has 2 amide bonds. The summed E-state index contributed by atoms with van der Waals surface area (Å²) >= 11 is 1.66. The fourth-order valence-electron chi connectivity index (χ4n) is 2.40. The Bertz CT molecular complexity index is 798. The molecule has 0 bridgehead atoms. The SMILES string of the molecule is Cc1ccccc1SCC#CCN1C(=O)c2ccccc2C1=O. The van der Waals surface area contributed by atoms with Crippen molar-refractivity contribution < 1.29 is 9.59 Å². The summed E-state index contributed by atoms with van der Waals surface area (Å²) in [5.41, 5.74) is 2.15. The molecule has 4 heteroatoms. The molecule has 0 aliphatic carbocycles. The fraction of sp³-hybridized carbons (Fsp3) is 0.158. The van der Waals surface area contributed by atoms with Gasteiger partial charge >= 0.3 is 0 Å². The van der Waals surface area contributed by atoms with Gasteiger partial charge < -0.3 is 0 Å². The monoisotopic (exact) mass is 321 g/mol. The standard InChI is InChI=1S/C19H15NO2S/c1-14-8-2-5-11-17(14)23-13-7-6-12-20-18(21)15-9-3-4-10-16(15)19(20)22/h2-5,8-11H,12-13H2,1H3. The van der Waals surface area contributed by atoms with Gasteiger partial charge in [0.25, 0.3) is 11.8 Å². The maximum Gasteiger partial charge on any atom is 0.262 e. The van der Waals surface area contributed by atoms with Gasteiger partial charge in [-0.15, -0.1) is 11.8 Å². The average Bonchev–Trinajstić information content (AvgIpc) is 2.81. The van der Waals surface area contributed by atoms with Crippen molar-refractivity contribution in [3.63, 3.8) is 0 Å². The van der Waals surface area contributed by atoms with E-state index in [1.165, 1.54) is 15.4 Å². The molecule has 0 radical (unpaired) electrons. The van der Waals surface area contributed by atoms with E-state index in [2.05, 4.69) is 30.9 Å². The summed E-state index contributed by atoms with van der Waals surface area (Å²) in [4.78, 5) is 26.7. The molecule has 0 fully saturated rings. The summed E-state index contributed by atoms with van der Waals surface area (Å²) in [6, 6.07) is 15.0. The Morgan fingerprint density at radius 1 is 0.913 bits per heavy atom. The van der Waals surface area contributed by atoms with Gasteiger partial charge in [0, 0.05) is 4.90 Å². The van der Waals surface area contributed by atoms with Gasteiger partial charge in [-0.1, -0.05) is 42.2 Å². The zero-order valence-corrected chi connectivity index (χ0v) is 13.5. The molecule has 0 spiro atoms. The largest absolute Gasteiger partial charge is 0.269 e. The van der Waals surface area contributed by atoms with Crippen LogP contribution in [0.3, 0.4) is 0 Å². The number of imide groups is 1. The molecule has 3 rings (SSSR count). The Kier molecular flexibility index (Phi) is 4.50. The van der Waals surface area contributed by atoms with E-state index in [9.17, 15) is 9.59 Å². The van der Waals surface area contributed by atoms with Gasteiger partial charge in [-0.2, -0.15) is 0 Å². The van der Waals surface area contributed by atoms with Crippen LogP contribution in [0, 0.1) is 18.8 Å². The second-order valence-corrected chi connectivity index (χ2v) is 6.17. The number of rotatable bonds is 3. The summed E-state index contributed by atoms with van der Waals surface area (Å²) in [6.45, 7) is 2.20. The second-order valence-electron chi connectivity index (χ2n) is 5.15. The van der Waals surface area contributed by atoms with Crippen molar-refractivity contribution in [1.82, 2.24) is 4.90 Å². The Hall–Kier alpha value is -2.51. The van der Waals surface area contributed by atoms with Gasteiger partial charge in [-0.05, 0) is 30.7 Å². The van der Waals surface area contributed by atoms with Crippen molar-refractivity contribution in [3.05, 3.63) is 65.2 Å². The zero-order valence-electron chi connectivity index (χ0n) is 12.7. The Morgan fingerprint density at radius 3 is 2.17 bits per heavy atom. The maximum absolute atomic E-state index is 12.2. The van der Waals surface area contributed by atoms with Gasteiger partial charge in [0.15, 0.2) is 0 Å². The number of thioether (sulfide) groups is 1. The molecule has 0 saturated heterocycles. The number of hydrogen-bond donors (Lipinski definition) is 0. The normalized spacial score (nSPS) is 12.8. The van der Waals surface area contributed by atoms with Crippen molar-refractivity contribution in [2.75, 3.05) is 12.3 Å². The third-order valence-electron chi connectivity index (χ3n) is 3.63. The minimum absolute atomic E-state index is 0.140. The molecule has 0 N–H and O–H groups in total. The number of fused-ring (bicyclic) bond motifs is 1. The molecule has 2 aromatic rings. The first kappa shape index (κ1) is 15.4. The molecular weight excluding hydrogens is 306 g/mol. The lowest BCUT2D eigenvalue weighted by Gasteiger charge is -2.08. The molecule has 0 atom stereocenters. The van der Waals surface area contributed by atoms with Crippen molar-refractivity contribution in [3.8, 4) is 11.8 Å². The summed E-state index contributed by atoms with van der Waals surface area (Å²) in [6.07, 6.45) is 0. The lowest BCUT2D eigenvalue weighted by Crippen LogP contribution is -2.30. The molecule has 1 heterocycles. The smallest absolute Gasteiger partial charge is 0.262 e. The van der Waals surface area contributed by atoms with Gasteiger partial charge in [0.05, 0.1) is 23.4 Å². The van der Waals surface area contributed by atoms with Crippen molar-refractivity contribution in [1.29, 1.82) is 0 Å². The third kappa shape index (κ3) is 3.15. The Balaban J connectivity index is 1.59. The van der Waals surface area contributed by atoms with E-state index < -0.39 is 0 Å². The minimum Gasteiger partial charge on any atom is -0.269 e. The van der Waals surface area contributed by atoms with Crippen LogP contribution in [0.2, 0.25) is 0 Å². The van der Waals surface area contributed by atoms with Crippen LogP contribution in [0.4, 0.5) is 0 Å². The maximum atomic E-state index is 12.2. The zero-order chi connectivity index (χ0) is 16.2. The van der Waals surface area contributed by atoms with Crippen molar-refractivity contribution >= 4 is 23.6 Å². The van der Waals surface area contributed by atoms with E-state index >= 15 is 0 Å². The van der Waals surface area contributed by atoms with E-state index in [0.29, 0.717) is 16.9 Å². The van der Waals surface area contributed by atoms with Crippen LogP contribution in [-0.4, -0.2) is 29.0 Å². The number of carbonyl (C=O) groups is 2. The molecule has 23 heavy (non-hydrogen) atoms. The van der Waals surface area contributed by atoms with Gasteiger partial charge in [-0.3, -0.25) is 14.5 Å². The second kappa shape index (κ2) is 6.72. The third-order valence-corrected chi connectivity index (χ3v) is 4.69. The Morgan fingerprint density at radius 2 is 1.52 bits per heavy atom. The van der Waals surface area contributed by atoms with Crippen molar-refractivity contribution in [2.24, 2.45) is 0 Å². The van der Waals surface area contributed by atoms with E-state index in [-0.39, 0.29) is 18.4 Å². The first-order chi connectivity index (χ1) is 11.2. The van der Waals surface area contributed by atoms with Crippen LogP contribution in [0.15, 0.2) is 53.4 Å². The van der Waals surface area contributed by atoms with Gasteiger partial charge in [-0.25, -0.2) is 0 Å². The van der Waals surface area contributed by atoms with E-state index in [0.717, 1.165) is 0 Å². The summed E-state index contributed by atoms with van der Waals surface area (Å²) < 4.78 is 0. The van der Waals surface area contributed by atoms with Crippen LogP contribution in [0.5, 0.6) is 0 Å². The van der Waals surface area contributed by atoms with Crippen LogP contribution < -0.4 is 0 Å². The highest BCUT2D eigenvalue weighted by atomic mass is 32.2. The molecule has 1 aliphatic heterocycles. The summed E-state index contributed by atoms with van der Waals surface area (Å²) in [5, 5.41) is 0.